The van der Waals surface area contributed by atoms with Crippen molar-refractivity contribution in [2.45, 2.75) is 20.4 Å². The fourth-order valence-corrected chi connectivity index (χ4v) is 2.74. The minimum absolute atomic E-state index is 0.785. The van der Waals surface area contributed by atoms with Crippen LogP contribution in [0.2, 0.25) is 0 Å². The second-order valence-corrected chi connectivity index (χ2v) is 4.98. The van der Waals surface area contributed by atoms with Gasteiger partial charge in [0.05, 0.1) is 28.2 Å². The molecule has 0 saturated heterocycles. The van der Waals surface area contributed by atoms with Gasteiger partial charge in [-0.1, -0.05) is 0 Å². The van der Waals surface area contributed by atoms with Crippen molar-refractivity contribution < 1.29 is 0 Å². The Labute approximate surface area is 120 Å². The average molecular weight is 281 g/mol. The van der Waals surface area contributed by atoms with E-state index in [4.69, 9.17) is 0 Å². The first-order valence-corrected chi connectivity index (χ1v) is 6.91. The summed E-state index contributed by atoms with van der Waals surface area (Å²) in [6.07, 6.45) is 3.69. The lowest BCUT2D eigenvalue weighted by molar-refractivity contribution is 0.677. The predicted octanol–water partition coefficient (Wildman–Crippen LogP) is 2.00. The van der Waals surface area contributed by atoms with E-state index in [0.717, 1.165) is 45.6 Å². The summed E-state index contributed by atoms with van der Waals surface area (Å²) < 4.78 is 3.76. The highest BCUT2D eigenvalue weighted by Crippen LogP contribution is 2.28. The van der Waals surface area contributed by atoms with Crippen LogP contribution in [-0.2, 0) is 6.54 Å². The third-order valence-electron chi connectivity index (χ3n) is 3.68. The molecule has 0 atom stereocenters. The third-order valence-corrected chi connectivity index (χ3v) is 3.68. The van der Waals surface area contributed by atoms with Crippen molar-refractivity contribution in [2.75, 3.05) is 12.4 Å². The summed E-state index contributed by atoms with van der Waals surface area (Å²) in [6.45, 7) is 4.80. The van der Waals surface area contributed by atoms with Crippen LogP contribution < -0.4 is 5.32 Å². The first-order valence-electron chi connectivity index (χ1n) is 6.91. The highest BCUT2D eigenvalue weighted by atomic mass is 15.3. The second-order valence-electron chi connectivity index (χ2n) is 4.98. The number of hydrogen-bond donors (Lipinski definition) is 1. The quantitative estimate of drug-likeness (QED) is 0.608. The molecule has 0 amide bonds. The molecule has 0 radical (unpaired) electrons. The largest absolute Gasteiger partial charge is 0.372 e. The molecule has 4 rings (SSSR count). The minimum Gasteiger partial charge on any atom is -0.372 e. The second kappa shape index (κ2) is 4.15. The number of pyridine rings is 1. The standard InChI is InChI=1S/C14H15N7/c1-4-20-14-10(7-17-20)12-9(6-16-14)13(15-3)18-11-5-8(2)19-21(11)12/h5-7H,4H2,1-3H3,(H,15,18). The van der Waals surface area contributed by atoms with Crippen molar-refractivity contribution in [1.29, 1.82) is 0 Å². The Morgan fingerprint density at radius 1 is 1.24 bits per heavy atom. The predicted molar refractivity (Wildman–Crippen MR) is 81.5 cm³/mol. The van der Waals surface area contributed by atoms with Crippen LogP contribution in [0.1, 0.15) is 12.6 Å². The summed E-state index contributed by atoms with van der Waals surface area (Å²) in [7, 11) is 1.86. The molecule has 0 fully saturated rings. The molecule has 4 aromatic heterocycles. The van der Waals surface area contributed by atoms with Crippen LogP contribution in [-0.4, -0.2) is 36.4 Å². The van der Waals surface area contributed by atoms with Gasteiger partial charge in [0.15, 0.2) is 11.3 Å². The number of nitrogens with one attached hydrogen (secondary N) is 1. The Hall–Kier alpha value is -2.70. The topological polar surface area (TPSA) is 72.9 Å². The Bertz CT molecular complexity index is 979. The summed E-state index contributed by atoms with van der Waals surface area (Å²) in [6, 6.07) is 1.97. The van der Waals surface area contributed by atoms with E-state index in [9.17, 15) is 0 Å². The van der Waals surface area contributed by atoms with Crippen molar-refractivity contribution in [2.24, 2.45) is 0 Å². The molecule has 0 unspecified atom stereocenters. The normalized spacial score (nSPS) is 11.8. The molecule has 0 aromatic carbocycles. The van der Waals surface area contributed by atoms with Crippen molar-refractivity contribution >= 4 is 33.4 Å². The van der Waals surface area contributed by atoms with Crippen molar-refractivity contribution in [3.63, 3.8) is 0 Å². The van der Waals surface area contributed by atoms with Crippen LogP contribution in [0.3, 0.4) is 0 Å². The number of hydrogen-bond acceptors (Lipinski definition) is 5. The molecule has 21 heavy (non-hydrogen) atoms. The number of anilines is 1. The molecule has 0 spiro atoms. The van der Waals surface area contributed by atoms with Crippen LogP contribution >= 0.6 is 0 Å². The van der Waals surface area contributed by atoms with E-state index in [1.54, 1.807) is 0 Å². The van der Waals surface area contributed by atoms with E-state index in [1.807, 2.05) is 41.6 Å². The Kier molecular flexibility index (Phi) is 2.38. The van der Waals surface area contributed by atoms with Crippen LogP contribution in [0, 0.1) is 6.92 Å². The van der Waals surface area contributed by atoms with Gasteiger partial charge >= 0.3 is 0 Å². The van der Waals surface area contributed by atoms with Gasteiger partial charge in [0.25, 0.3) is 0 Å². The summed E-state index contributed by atoms with van der Waals surface area (Å²) >= 11 is 0. The zero-order valence-corrected chi connectivity index (χ0v) is 12.1. The Morgan fingerprint density at radius 2 is 2.10 bits per heavy atom. The van der Waals surface area contributed by atoms with Gasteiger partial charge in [-0.25, -0.2) is 19.2 Å². The maximum atomic E-state index is 4.60. The smallest absolute Gasteiger partial charge is 0.159 e. The van der Waals surface area contributed by atoms with Gasteiger partial charge in [-0.15, -0.1) is 0 Å². The number of nitrogens with zero attached hydrogens (tertiary/aromatic N) is 6. The molecule has 0 aliphatic carbocycles. The summed E-state index contributed by atoms with van der Waals surface area (Å²) in [4.78, 5) is 9.14. The van der Waals surface area contributed by atoms with Crippen molar-refractivity contribution in [3.05, 3.63) is 24.2 Å². The van der Waals surface area contributed by atoms with Gasteiger partial charge in [-0.2, -0.15) is 10.2 Å². The molecule has 0 aliphatic rings. The molecule has 4 heterocycles. The molecule has 4 aromatic rings. The summed E-state index contributed by atoms with van der Waals surface area (Å²) in [5.74, 6) is 0.802. The lowest BCUT2D eigenvalue weighted by Gasteiger charge is -2.08. The minimum atomic E-state index is 0.785. The lowest BCUT2D eigenvalue weighted by Crippen LogP contribution is -2.02. The van der Waals surface area contributed by atoms with Gasteiger partial charge in [0, 0.05) is 25.9 Å². The fraction of sp³-hybridized carbons (Fsp3) is 0.286. The number of rotatable bonds is 2. The van der Waals surface area contributed by atoms with E-state index in [2.05, 4.69) is 32.4 Å². The zero-order valence-electron chi connectivity index (χ0n) is 12.1. The first kappa shape index (κ1) is 12.1. The van der Waals surface area contributed by atoms with E-state index < -0.39 is 0 Å². The van der Waals surface area contributed by atoms with Crippen LogP contribution in [0.15, 0.2) is 18.5 Å². The molecular formula is C14H15N7. The fourth-order valence-electron chi connectivity index (χ4n) is 2.74. The average Bonchev–Trinajstić information content (AvgIpc) is 3.07. The summed E-state index contributed by atoms with van der Waals surface area (Å²) in [5.41, 5.74) is 3.61. The number of aryl methyl sites for hydroxylation is 2. The number of fused-ring (bicyclic) bond motifs is 5. The highest BCUT2D eigenvalue weighted by molar-refractivity contribution is 6.06. The maximum absolute atomic E-state index is 4.60. The van der Waals surface area contributed by atoms with E-state index in [1.165, 1.54) is 0 Å². The molecular weight excluding hydrogens is 266 g/mol. The molecule has 1 N–H and O–H groups in total. The summed E-state index contributed by atoms with van der Waals surface area (Å²) in [5, 5.41) is 14.0. The van der Waals surface area contributed by atoms with Gasteiger partial charge in [0.2, 0.25) is 0 Å². The molecule has 7 heteroatoms. The van der Waals surface area contributed by atoms with Gasteiger partial charge in [0.1, 0.15) is 5.82 Å². The third kappa shape index (κ3) is 1.54. The van der Waals surface area contributed by atoms with Gasteiger partial charge in [-0.05, 0) is 13.8 Å². The van der Waals surface area contributed by atoms with E-state index in [0.29, 0.717) is 0 Å². The van der Waals surface area contributed by atoms with E-state index >= 15 is 0 Å². The monoisotopic (exact) mass is 281 g/mol. The van der Waals surface area contributed by atoms with Crippen LogP contribution in [0.4, 0.5) is 5.82 Å². The van der Waals surface area contributed by atoms with Crippen molar-refractivity contribution in [3.8, 4) is 0 Å². The molecule has 106 valence electrons. The lowest BCUT2D eigenvalue weighted by atomic mass is 10.2. The van der Waals surface area contributed by atoms with Gasteiger partial charge in [-0.3, -0.25) is 0 Å². The van der Waals surface area contributed by atoms with E-state index in [-0.39, 0.29) is 0 Å². The molecule has 0 aliphatic heterocycles. The SMILES string of the molecule is CCn1ncc2c1ncc1c(NC)nc3cc(C)nn3c12. The maximum Gasteiger partial charge on any atom is 0.159 e. The van der Waals surface area contributed by atoms with Crippen molar-refractivity contribution in [1.82, 2.24) is 29.4 Å². The first-order chi connectivity index (χ1) is 10.2. The molecule has 0 bridgehead atoms. The van der Waals surface area contributed by atoms with Crippen LogP contribution in [0.5, 0.6) is 0 Å². The Morgan fingerprint density at radius 3 is 2.86 bits per heavy atom. The molecule has 7 nitrogen and oxygen atoms in total. The zero-order chi connectivity index (χ0) is 14.6. The number of aromatic nitrogens is 6. The highest BCUT2D eigenvalue weighted by Gasteiger charge is 2.15. The molecule has 0 saturated carbocycles. The van der Waals surface area contributed by atoms with Crippen LogP contribution in [0.25, 0.3) is 27.6 Å². The Balaban J connectivity index is 2.29. The van der Waals surface area contributed by atoms with Gasteiger partial charge < -0.3 is 5.32 Å².